The summed E-state index contributed by atoms with van der Waals surface area (Å²) in [5.41, 5.74) is 3.96. The third-order valence-corrected chi connectivity index (χ3v) is 6.65. The Bertz CT molecular complexity index is 1320. The zero-order valence-corrected chi connectivity index (χ0v) is 21.4. The summed E-state index contributed by atoms with van der Waals surface area (Å²) >= 11 is 19.8. The fourth-order valence-corrected chi connectivity index (χ4v) is 4.74. The van der Waals surface area contributed by atoms with Gasteiger partial charge in [-0.3, -0.25) is 19.8 Å². The number of benzene rings is 2. The van der Waals surface area contributed by atoms with E-state index in [9.17, 15) is 9.59 Å². The van der Waals surface area contributed by atoms with Crippen molar-refractivity contribution in [2.45, 2.75) is 13.8 Å². The number of carbonyl (C=O) groups excluding carboxylic acids is 2. The summed E-state index contributed by atoms with van der Waals surface area (Å²) in [6.45, 7) is 3.92. The number of amides is 2. The number of hydrogen-bond acceptors (Lipinski definition) is 3. The molecule has 2 amide bonds. The van der Waals surface area contributed by atoms with Gasteiger partial charge in [0.1, 0.15) is 5.57 Å². The molecule has 2 heterocycles. The lowest BCUT2D eigenvalue weighted by molar-refractivity contribution is -0.122. The fraction of sp³-hybridized carbons (Fsp3) is 0.0870. The van der Waals surface area contributed by atoms with E-state index in [0.717, 1.165) is 26.2 Å². The molecule has 1 saturated heterocycles. The molecule has 1 aliphatic heterocycles. The summed E-state index contributed by atoms with van der Waals surface area (Å²) in [4.78, 5) is 27.2. The number of aromatic nitrogens is 1. The Morgan fingerprint density at radius 1 is 1.03 bits per heavy atom. The van der Waals surface area contributed by atoms with Crippen molar-refractivity contribution < 1.29 is 9.59 Å². The summed E-state index contributed by atoms with van der Waals surface area (Å²) in [5.74, 6) is -1.11. The average Bonchev–Trinajstić information content (AvgIpc) is 3.00. The highest BCUT2D eigenvalue weighted by Gasteiger charge is 2.35. The van der Waals surface area contributed by atoms with Crippen LogP contribution in [0.1, 0.15) is 17.0 Å². The van der Waals surface area contributed by atoms with Crippen LogP contribution < -0.4 is 10.2 Å². The molecule has 0 unspecified atom stereocenters. The number of nitrogens with one attached hydrogen (secondary N) is 1. The van der Waals surface area contributed by atoms with Crippen molar-refractivity contribution in [1.29, 1.82) is 0 Å². The van der Waals surface area contributed by atoms with Gasteiger partial charge in [0.15, 0.2) is 5.11 Å². The Labute approximate surface area is 214 Å². The lowest BCUT2D eigenvalue weighted by Crippen LogP contribution is -2.54. The first-order valence-electron chi connectivity index (χ1n) is 9.49. The molecule has 0 atom stereocenters. The van der Waals surface area contributed by atoms with Crippen molar-refractivity contribution in [3.63, 3.8) is 0 Å². The Kier molecular flexibility index (Phi) is 6.44. The van der Waals surface area contributed by atoms with E-state index in [1.807, 2.05) is 44.2 Å². The maximum absolute atomic E-state index is 13.3. The summed E-state index contributed by atoms with van der Waals surface area (Å²) < 4.78 is 3.21. The highest BCUT2D eigenvalue weighted by molar-refractivity contribution is 14.1. The van der Waals surface area contributed by atoms with Crippen LogP contribution in [0, 0.1) is 17.4 Å². The van der Waals surface area contributed by atoms with E-state index in [0.29, 0.717) is 10.7 Å². The lowest BCUT2D eigenvalue weighted by atomic mass is 10.1. The maximum atomic E-state index is 13.3. The third kappa shape index (κ3) is 4.22. The van der Waals surface area contributed by atoms with E-state index >= 15 is 0 Å². The minimum Gasteiger partial charge on any atom is -0.318 e. The minimum absolute atomic E-state index is 0.0347. The van der Waals surface area contributed by atoms with Gasteiger partial charge < -0.3 is 4.57 Å². The Morgan fingerprint density at radius 3 is 2.38 bits per heavy atom. The Balaban J connectivity index is 1.77. The molecule has 5 nitrogen and oxygen atoms in total. The molecular weight excluding hydrogens is 580 g/mol. The molecule has 0 radical (unpaired) electrons. The number of carbonyl (C=O) groups is 2. The second-order valence-corrected chi connectivity index (χ2v) is 9.67. The zero-order chi connectivity index (χ0) is 23.2. The number of hydrogen-bond donors (Lipinski definition) is 1. The Hall–Kier alpha value is -2.20. The molecule has 3 aromatic rings. The van der Waals surface area contributed by atoms with Crippen molar-refractivity contribution in [1.82, 2.24) is 9.88 Å². The summed E-state index contributed by atoms with van der Waals surface area (Å²) in [5, 5.41) is 3.22. The summed E-state index contributed by atoms with van der Waals surface area (Å²) in [6.07, 6.45) is 1.59. The summed E-state index contributed by atoms with van der Waals surface area (Å²) in [6, 6.07) is 14.8. The Morgan fingerprint density at radius 2 is 1.72 bits per heavy atom. The molecule has 1 aromatic heterocycles. The predicted molar refractivity (Wildman–Crippen MR) is 141 cm³/mol. The molecule has 1 N–H and O–H groups in total. The van der Waals surface area contributed by atoms with Crippen LogP contribution in [0.4, 0.5) is 5.69 Å². The van der Waals surface area contributed by atoms with Gasteiger partial charge in [0.2, 0.25) is 0 Å². The number of anilines is 1. The monoisotopic (exact) mass is 595 g/mol. The molecule has 9 heteroatoms. The normalized spacial score (nSPS) is 15.5. The first-order chi connectivity index (χ1) is 15.2. The molecular formula is C23H16Cl2IN3O2S. The quantitative estimate of drug-likeness (QED) is 0.179. The van der Waals surface area contributed by atoms with Crippen LogP contribution in [0.25, 0.3) is 11.8 Å². The van der Waals surface area contributed by atoms with E-state index in [2.05, 4.69) is 32.5 Å². The molecule has 1 aliphatic rings. The van der Waals surface area contributed by atoms with Gasteiger partial charge in [-0.05, 0) is 109 Å². The number of aryl methyl sites for hydroxylation is 1. The molecule has 0 saturated carbocycles. The lowest BCUT2D eigenvalue weighted by Gasteiger charge is -2.29. The second-order valence-electron chi connectivity index (χ2n) is 7.19. The fourth-order valence-electron chi connectivity index (χ4n) is 3.62. The summed E-state index contributed by atoms with van der Waals surface area (Å²) in [7, 11) is 0. The minimum atomic E-state index is -0.555. The van der Waals surface area contributed by atoms with Gasteiger partial charge in [-0.2, -0.15) is 0 Å². The van der Waals surface area contributed by atoms with Gasteiger partial charge in [-0.25, -0.2) is 0 Å². The first-order valence-corrected chi connectivity index (χ1v) is 11.7. The van der Waals surface area contributed by atoms with Crippen LogP contribution in [0.2, 0.25) is 10.0 Å². The van der Waals surface area contributed by atoms with Crippen LogP contribution in [0.5, 0.6) is 0 Å². The molecule has 4 rings (SSSR count). The van der Waals surface area contributed by atoms with E-state index in [1.165, 1.54) is 11.0 Å². The standard InChI is InChI=1S/C23H16Cl2IN3O2S/c1-12-9-14(13(2)28(12)17-6-4-16(26)5-7-17)10-18-21(30)27-23(32)29(22(18)31)20-8-3-15(24)11-19(20)25/h3-11H,1-2H3,(H,27,30,32)/b18-10+. The highest BCUT2D eigenvalue weighted by Crippen LogP contribution is 2.32. The molecule has 0 bridgehead atoms. The van der Waals surface area contributed by atoms with Gasteiger partial charge in [0, 0.05) is 25.7 Å². The highest BCUT2D eigenvalue weighted by atomic mass is 127. The number of thiocarbonyl (C=S) groups is 1. The molecule has 1 fully saturated rings. The van der Waals surface area contributed by atoms with E-state index in [1.54, 1.807) is 18.2 Å². The van der Waals surface area contributed by atoms with Crippen molar-refractivity contribution >= 4 is 86.7 Å². The van der Waals surface area contributed by atoms with Crippen molar-refractivity contribution in [2.24, 2.45) is 0 Å². The van der Waals surface area contributed by atoms with Gasteiger partial charge in [0.05, 0.1) is 10.7 Å². The maximum Gasteiger partial charge on any atom is 0.270 e. The van der Waals surface area contributed by atoms with Crippen molar-refractivity contribution in [3.05, 3.63) is 84.7 Å². The van der Waals surface area contributed by atoms with E-state index < -0.39 is 11.8 Å². The molecule has 2 aromatic carbocycles. The third-order valence-electron chi connectivity index (χ3n) is 5.11. The molecule has 162 valence electrons. The van der Waals surface area contributed by atoms with Crippen molar-refractivity contribution in [2.75, 3.05) is 4.90 Å². The van der Waals surface area contributed by atoms with E-state index in [-0.39, 0.29) is 15.7 Å². The topological polar surface area (TPSA) is 54.3 Å². The molecule has 32 heavy (non-hydrogen) atoms. The van der Waals surface area contributed by atoms with Crippen LogP contribution in [-0.4, -0.2) is 21.5 Å². The molecule has 0 spiro atoms. The van der Waals surface area contributed by atoms with Crippen LogP contribution in [-0.2, 0) is 9.59 Å². The first kappa shape index (κ1) is 23.0. The number of halogens is 3. The second kappa shape index (κ2) is 8.97. The number of nitrogens with zero attached hydrogens (tertiary/aromatic N) is 2. The van der Waals surface area contributed by atoms with E-state index in [4.69, 9.17) is 35.4 Å². The largest absolute Gasteiger partial charge is 0.318 e. The molecule has 0 aliphatic carbocycles. The van der Waals surface area contributed by atoms with Gasteiger partial charge in [-0.15, -0.1) is 0 Å². The van der Waals surface area contributed by atoms with Crippen LogP contribution in [0.15, 0.2) is 54.1 Å². The van der Waals surface area contributed by atoms with Crippen LogP contribution >= 0.6 is 58.0 Å². The SMILES string of the molecule is Cc1cc(/C=C2\C(=O)NC(=S)N(c3ccc(Cl)cc3Cl)C2=O)c(C)n1-c1ccc(I)cc1. The predicted octanol–water partition coefficient (Wildman–Crippen LogP) is 5.84. The van der Waals surface area contributed by atoms with Gasteiger partial charge in [0.25, 0.3) is 11.8 Å². The smallest absolute Gasteiger partial charge is 0.270 e. The number of rotatable bonds is 3. The van der Waals surface area contributed by atoms with Crippen LogP contribution in [0.3, 0.4) is 0 Å². The van der Waals surface area contributed by atoms with Crippen molar-refractivity contribution in [3.8, 4) is 5.69 Å². The average molecular weight is 596 g/mol. The zero-order valence-electron chi connectivity index (χ0n) is 16.9. The van der Waals surface area contributed by atoms with Gasteiger partial charge in [-0.1, -0.05) is 23.2 Å². The van der Waals surface area contributed by atoms with Gasteiger partial charge >= 0.3 is 0 Å².